The van der Waals surface area contributed by atoms with Crippen molar-refractivity contribution in [1.82, 2.24) is 0 Å². The molecule has 1 heterocycles. The van der Waals surface area contributed by atoms with Crippen LogP contribution < -0.4 is 10.0 Å². The van der Waals surface area contributed by atoms with Gasteiger partial charge in [0.15, 0.2) is 0 Å². The molecule has 0 aliphatic carbocycles. The van der Waals surface area contributed by atoms with Crippen LogP contribution in [0.25, 0.3) is 0 Å². The molecular weight excluding hydrogens is 412 g/mol. The molecule has 2 N–H and O–H groups in total. The van der Waals surface area contributed by atoms with Gasteiger partial charge in [0.25, 0.3) is 15.9 Å². The van der Waals surface area contributed by atoms with E-state index in [2.05, 4.69) is 10.0 Å². The maximum absolute atomic E-state index is 12.9. The number of sulfonamides is 1. The molecule has 1 aromatic heterocycles. The van der Waals surface area contributed by atoms with Gasteiger partial charge in [0.2, 0.25) is 0 Å². The number of carbonyl (C=O) groups is 1. The van der Waals surface area contributed by atoms with Crippen LogP contribution in [0.2, 0.25) is 5.02 Å². The van der Waals surface area contributed by atoms with Gasteiger partial charge in [-0.1, -0.05) is 23.7 Å². The summed E-state index contributed by atoms with van der Waals surface area (Å²) in [5.41, 5.74) is 2.47. The Kier molecular flexibility index (Phi) is 5.73. The van der Waals surface area contributed by atoms with E-state index in [1.54, 1.807) is 58.0 Å². The van der Waals surface area contributed by atoms with Gasteiger partial charge in [-0.15, -0.1) is 0 Å². The highest BCUT2D eigenvalue weighted by atomic mass is 35.5. The quantitative estimate of drug-likeness (QED) is 0.578. The molecule has 0 spiro atoms. The fourth-order valence-corrected chi connectivity index (χ4v) is 4.56. The summed E-state index contributed by atoms with van der Waals surface area (Å²) in [5.74, 6) is 0.831. The van der Waals surface area contributed by atoms with E-state index in [0.717, 1.165) is 5.56 Å². The number of hydrogen-bond donors (Lipinski definition) is 2. The molecule has 152 valence electrons. The number of halogens is 1. The lowest BCUT2D eigenvalue weighted by Crippen LogP contribution is -2.17. The normalized spacial score (nSPS) is 11.3. The van der Waals surface area contributed by atoms with E-state index in [-0.39, 0.29) is 10.8 Å². The fraction of sp³-hybridized carbons (Fsp3) is 0.190. The molecule has 1 amide bonds. The SMILES string of the molecule is Cc1ccc(NC(=O)c2c(C)oc(C)c2C)cc1S(=O)(=O)Nc1cccc(Cl)c1. The van der Waals surface area contributed by atoms with Crippen molar-refractivity contribution in [2.24, 2.45) is 0 Å². The standard InChI is InChI=1S/C21H21ClN2O4S/c1-12-8-9-17(23-21(25)20-13(2)14(3)28-15(20)4)11-19(12)29(26,27)24-18-7-5-6-16(22)10-18/h5-11,24H,1-4H3,(H,23,25). The van der Waals surface area contributed by atoms with Gasteiger partial charge in [-0.2, -0.15) is 0 Å². The van der Waals surface area contributed by atoms with E-state index < -0.39 is 10.0 Å². The molecular formula is C21H21ClN2O4S. The van der Waals surface area contributed by atoms with E-state index in [0.29, 0.717) is 39.0 Å². The Hall–Kier alpha value is -2.77. The number of anilines is 2. The maximum Gasteiger partial charge on any atom is 0.262 e. The van der Waals surface area contributed by atoms with Crippen LogP contribution >= 0.6 is 11.6 Å². The molecule has 3 aromatic rings. The highest BCUT2D eigenvalue weighted by Crippen LogP contribution is 2.26. The zero-order valence-corrected chi connectivity index (χ0v) is 18.0. The van der Waals surface area contributed by atoms with Crippen molar-refractivity contribution >= 4 is 38.9 Å². The lowest BCUT2D eigenvalue weighted by atomic mass is 10.1. The molecule has 0 saturated heterocycles. The van der Waals surface area contributed by atoms with Crippen molar-refractivity contribution in [3.05, 3.63) is 75.7 Å². The van der Waals surface area contributed by atoms with Gasteiger partial charge in [-0.25, -0.2) is 8.42 Å². The van der Waals surface area contributed by atoms with E-state index in [1.807, 2.05) is 0 Å². The zero-order chi connectivity index (χ0) is 21.3. The average Bonchev–Trinajstić information content (AvgIpc) is 2.88. The molecule has 0 aliphatic rings. The van der Waals surface area contributed by atoms with Crippen molar-refractivity contribution < 1.29 is 17.6 Å². The Balaban J connectivity index is 1.90. The Bertz CT molecular complexity index is 1200. The largest absolute Gasteiger partial charge is 0.466 e. The first kappa shape index (κ1) is 21.0. The molecule has 0 unspecified atom stereocenters. The molecule has 0 radical (unpaired) electrons. The van der Waals surface area contributed by atoms with Crippen molar-refractivity contribution in [1.29, 1.82) is 0 Å². The van der Waals surface area contributed by atoms with E-state index in [4.69, 9.17) is 16.0 Å². The number of amides is 1. The second-order valence-electron chi connectivity index (χ2n) is 6.76. The van der Waals surface area contributed by atoms with Crippen LogP contribution in [0.5, 0.6) is 0 Å². The van der Waals surface area contributed by atoms with Crippen LogP contribution in [0.15, 0.2) is 51.8 Å². The summed E-state index contributed by atoms with van der Waals surface area (Å²) in [6.07, 6.45) is 0. The summed E-state index contributed by atoms with van der Waals surface area (Å²) in [7, 11) is -3.87. The van der Waals surface area contributed by atoms with Gasteiger partial charge in [0.05, 0.1) is 16.1 Å². The lowest BCUT2D eigenvalue weighted by molar-refractivity contribution is 0.102. The van der Waals surface area contributed by atoms with Crippen molar-refractivity contribution in [2.45, 2.75) is 32.6 Å². The summed E-state index contributed by atoms with van der Waals surface area (Å²) in [5, 5.41) is 3.17. The lowest BCUT2D eigenvalue weighted by Gasteiger charge is -2.13. The monoisotopic (exact) mass is 432 g/mol. The van der Waals surface area contributed by atoms with E-state index >= 15 is 0 Å². The minimum absolute atomic E-state index is 0.0621. The molecule has 6 nitrogen and oxygen atoms in total. The average molecular weight is 433 g/mol. The number of rotatable bonds is 5. The van der Waals surface area contributed by atoms with Gasteiger partial charge in [0.1, 0.15) is 11.5 Å². The second-order valence-corrected chi connectivity index (χ2v) is 8.85. The molecule has 3 rings (SSSR count). The number of hydrogen-bond acceptors (Lipinski definition) is 4. The number of aryl methyl sites for hydroxylation is 3. The molecule has 0 fully saturated rings. The third-order valence-corrected chi connectivity index (χ3v) is 6.36. The Morgan fingerprint density at radius 1 is 0.966 bits per heavy atom. The van der Waals surface area contributed by atoms with Gasteiger partial charge in [-0.05, 0) is 63.6 Å². The molecule has 0 saturated carbocycles. The Morgan fingerprint density at radius 3 is 2.31 bits per heavy atom. The maximum atomic E-state index is 12.9. The predicted octanol–water partition coefficient (Wildman–Crippen LogP) is 5.22. The first-order valence-corrected chi connectivity index (χ1v) is 10.7. The number of carbonyl (C=O) groups excluding carboxylic acids is 1. The smallest absolute Gasteiger partial charge is 0.262 e. The highest BCUT2D eigenvalue weighted by Gasteiger charge is 2.21. The second kappa shape index (κ2) is 7.93. The topological polar surface area (TPSA) is 88.4 Å². The van der Waals surface area contributed by atoms with Gasteiger partial charge < -0.3 is 9.73 Å². The molecule has 0 bridgehead atoms. The highest BCUT2D eigenvalue weighted by molar-refractivity contribution is 7.92. The van der Waals surface area contributed by atoms with Gasteiger partial charge in [0, 0.05) is 16.3 Å². The Labute approximate surface area is 174 Å². The van der Waals surface area contributed by atoms with Crippen LogP contribution in [-0.4, -0.2) is 14.3 Å². The summed E-state index contributed by atoms with van der Waals surface area (Å²) in [4.78, 5) is 12.8. The molecule has 0 aliphatic heterocycles. The van der Waals surface area contributed by atoms with Crippen molar-refractivity contribution in [2.75, 3.05) is 10.0 Å². The first-order chi connectivity index (χ1) is 13.6. The van der Waals surface area contributed by atoms with Gasteiger partial charge in [-0.3, -0.25) is 9.52 Å². The van der Waals surface area contributed by atoms with Crippen LogP contribution in [0, 0.1) is 27.7 Å². The number of furan rings is 1. The zero-order valence-electron chi connectivity index (χ0n) is 16.5. The molecule has 0 atom stereocenters. The van der Waals surface area contributed by atoms with Crippen molar-refractivity contribution in [3.63, 3.8) is 0 Å². The van der Waals surface area contributed by atoms with Crippen LogP contribution in [0.3, 0.4) is 0 Å². The van der Waals surface area contributed by atoms with E-state index in [1.165, 1.54) is 12.1 Å². The molecule has 2 aromatic carbocycles. The van der Waals surface area contributed by atoms with Crippen LogP contribution in [0.4, 0.5) is 11.4 Å². The predicted molar refractivity (Wildman–Crippen MR) is 114 cm³/mol. The summed E-state index contributed by atoms with van der Waals surface area (Å²) >= 11 is 5.93. The minimum Gasteiger partial charge on any atom is -0.466 e. The van der Waals surface area contributed by atoms with Gasteiger partial charge >= 0.3 is 0 Å². The third-order valence-electron chi connectivity index (χ3n) is 4.60. The molecule has 29 heavy (non-hydrogen) atoms. The van der Waals surface area contributed by atoms with Crippen LogP contribution in [0.1, 0.15) is 33.0 Å². The van der Waals surface area contributed by atoms with Crippen molar-refractivity contribution in [3.8, 4) is 0 Å². The number of nitrogens with one attached hydrogen (secondary N) is 2. The third kappa shape index (κ3) is 4.46. The summed E-state index contributed by atoms with van der Waals surface area (Å²) < 4.78 is 33.8. The number of benzene rings is 2. The Morgan fingerprint density at radius 2 is 1.69 bits per heavy atom. The minimum atomic E-state index is -3.87. The molecule has 8 heteroatoms. The summed E-state index contributed by atoms with van der Waals surface area (Å²) in [6.45, 7) is 7.00. The summed E-state index contributed by atoms with van der Waals surface area (Å²) in [6, 6.07) is 11.2. The van der Waals surface area contributed by atoms with Crippen LogP contribution in [-0.2, 0) is 10.0 Å². The van der Waals surface area contributed by atoms with E-state index in [9.17, 15) is 13.2 Å². The fourth-order valence-electron chi connectivity index (χ4n) is 3.05. The first-order valence-electron chi connectivity index (χ1n) is 8.85.